The third-order valence-corrected chi connectivity index (χ3v) is 3.91. The van der Waals surface area contributed by atoms with Crippen LogP contribution in [0, 0.1) is 5.82 Å². The van der Waals surface area contributed by atoms with E-state index in [-0.39, 0.29) is 18.1 Å². The van der Waals surface area contributed by atoms with E-state index in [1.165, 1.54) is 22.9 Å². The fourth-order valence-corrected chi connectivity index (χ4v) is 2.50. The van der Waals surface area contributed by atoms with Crippen molar-refractivity contribution >= 4 is 21.9 Å². The third kappa shape index (κ3) is 3.48. The summed E-state index contributed by atoms with van der Waals surface area (Å²) in [5.74, 6) is -1.38. The molecule has 116 valence electrons. The van der Waals surface area contributed by atoms with Crippen LogP contribution in [0.3, 0.4) is 0 Å². The molecule has 0 unspecified atom stereocenters. The summed E-state index contributed by atoms with van der Waals surface area (Å²) >= 11 is 3.36. The number of hydrogen-bond donors (Lipinski definition) is 1. The summed E-state index contributed by atoms with van der Waals surface area (Å²) in [7, 11) is 0. The van der Waals surface area contributed by atoms with Crippen molar-refractivity contribution in [2.75, 3.05) is 0 Å². The molecule has 1 heterocycles. The van der Waals surface area contributed by atoms with Gasteiger partial charge in [0, 0.05) is 10.0 Å². The lowest BCUT2D eigenvalue weighted by molar-refractivity contribution is 0.0684. The molecule has 4 nitrogen and oxygen atoms in total. The quantitative estimate of drug-likeness (QED) is 0.744. The Labute approximate surface area is 140 Å². The highest BCUT2D eigenvalue weighted by atomic mass is 79.9. The van der Waals surface area contributed by atoms with Gasteiger partial charge in [-0.05, 0) is 35.9 Å². The first-order chi connectivity index (χ1) is 11.0. The Morgan fingerprint density at radius 2 is 1.78 bits per heavy atom. The lowest BCUT2D eigenvalue weighted by Gasteiger charge is -2.04. The molecule has 0 fully saturated rings. The highest BCUT2D eigenvalue weighted by Gasteiger charge is 2.15. The van der Waals surface area contributed by atoms with Crippen LogP contribution in [-0.2, 0) is 6.54 Å². The molecular formula is C17H12BrFN2O2. The number of aromatic carboxylic acids is 1. The monoisotopic (exact) mass is 374 g/mol. The zero-order valence-corrected chi connectivity index (χ0v) is 13.5. The Bertz CT molecular complexity index is 842. The SMILES string of the molecule is O=C(O)c1cc(-c2ccc(Br)cc2)nn1Cc1ccc(F)cc1. The largest absolute Gasteiger partial charge is 0.477 e. The van der Waals surface area contributed by atoms with Crippen LogP contribution < -0.4 is 0 Å². The zero-order valence-electron chi connectivity index (χ0n) is 11.9. The van der Waals surface area contributed by atoms with Crippen molar-refractivity contribution < 1.29 is 14.3 Å². The number of benzene rings is 2. The van der Waals surface area contributed by atoms with Gasteiger partial charge in [-0.3, -0.25) is 4.68 Å². The summed E-state index contributed by atoms with van der Waals surface area (Å²) in [5, 5.41) is 13.7. The van der Waals surface area contributed by atoms with Crippen LogP contribution in [-0.4, -0.2) is 20.9 Å². The van der Waals surface area contributed by atoms with Crippen molar-refractivity contribution in [2.45, 2.75) is 6.54 Å². The molecule has 0 amide bonds. The van der Waals surface area contributed by atoms with Gasteiger partial charge in [0.25, 0.3) is 0 Å². The van der Waals surface area contributed by atoms with E-state index in [1.54, 1.807) is 12.1 Å². The normalized spacial score (nSPS) is 10.7. The number of aromatic nitrogens is 2. The van der Waals surface area contributed by atoms with Crippen LogP contribution in [0.5, 0.6) is 0 Å². The Morgan fingerprint density at radius 1 is 1.13 bits per heavy atom. The van der Waals surface area contributed by atoms with Crippen LogP contribution in [0.2, 0.25) is 0 Å². The Hall–Kier alpha value is -2.47. The molecule has 0 saturated heterocycles. The molecule has 0 atom stereocenters. The number of carboxylic acids is 1. The zero-order chi connectivity index (χ0) is 16.4. The summed E-state index contributed by atoms with van der Waals surface area (Å²) < 4.78 is 15.3. The molecule has 0 spiro atoms. The molecular weight excluding hydrogens is 363 g/mol. The van der Waals surface area contributed by atoms with Crippen molar-refractivity contribution in [1.29, 1.82) is 0 Å². The summed E-state index contributed by atoms with van der Waals surface area (Å²) in [5.41, 5.74) is 2.28. The number of carboxylic acid groups (broad SMARTS) is 1. The van der Waals surface area contributed by atoms with Gasteiger partial charge < -0.3 is 5.11 Å². The topological polar surface area (TPSA) is 55.1 Å². The average Bonchev–Trinajstić information content (AvgIpc) is 2.94. The van der Waals surface area contributed by atoms with Crippen LogP contribution >= 0.6 is 15.9 Å². The van der Waals surface area contributed by atoms with Gasteiger partial charge in [-0.25, -0.2) is 9.18 Å². The van der Waals surface area contributed by atoms with E-state index in [0.717, 1.165) is 15.6 Å². The first-order valence-electron chi connectivity index (χ1n) is 6.84. The minimum Gasteiger partial charge on any atom is -0.477 e. The molecule has 0 aliphatic rings. The maximum atomic E-state index is 13.0. The fourth-order valence-electron chi connectivity index (χ4n) is 2.23. The minimum absolute atomic E-state index is 0.0900. The molecule has 1 aromatic heterocycles. The van der Waals surface area contributed by atoms with Gasteiger partial charge in [0.05, 0.1) is 12.2 Å². The van der Waals surface area contributed by atoms with E-state index >= 15 is 0 Å². The first kappa shape index (κ1) is 15.4. The molecule has 1 N–H and O–H groups in total. The molecule has 3 aromatic rings. The van der Waals surface area contributed by atoms with E-state index in [9.17, 15) is 14.3 Å². The minimum atomic E-state index is -1.05. The number of nitrogens with zero attached hydrogens (tertiary/aromatic N) is 2. The van der Waals surface area contributed by atoms with Gasteiger partial charge in [-0.1, -0.05) is 40.2 Å². The highest BCUT2D eigenvalue weighted by Crippen LogP contribution is 2.22. The Morgan fingerprint density at radius 3 is 2.39 bits per heavy atom. The van der Waals surface area contributed by atoms with Crippen molar-refractivity contribution in [3.8, 4) is 11.3 Å². The van der Waals surface area contributed by atoms with Crippen molar-refractivity contribution in [1.82, 2.24) is 9.78 Å². The molecule has 2 aromatic carbocycles. The van der Waals surface area contributed by atoms with Crippen LogP contribution in [0.15, 0.2) is 59.1 Å². The number of rotatable bonds is 4. The fraction of sp³-hybridized carbons (Fsp3) is 0.0588. The molecule has 0 aliphatic heterocycles. The van der Waals surface area contributed by atoms with E-state index in [2.05, 4.69) is 21.0 Å². The van der Waals surface area contributed by atoms with Gasteiger partial charge in [0.15, 0.2) is 0 Å². The summed E-state index contributed by atoms with van der Waals surface area (Å²) in [6.45, 7) is 0.262. The van der Waals surface area contributed by atoms with Crippen LogP contribution in [0.25, 0.3) is 11.3 Å². The van der Waals surface area contributed by atoms with E-state index in [1.807, 2.05) is 24.3 Å². The Kier molecular flexibility index (Phi) is 4.25. The maximum Gasteiger partial charge on any atom is 0.354 e. The molecule has 23 heavy (non-hydrogen) atoms. The lowest BCUT2D eigenvalue weighted by atomic mass is 10.1. The smallest absolute Gasteiger partial charge is 0.354 e. The van der Waals surface area contributed by atoms with E-state index < -0.39 is 5.97 Å². The van der Waals surface area contributed by atoms with E-state index in [0.29, 0.717) is 5.69 Å². The lowest BCUT2D eigenvalue weighted by Crippen LogP contribution is -2.10. The van der Waals surface area contributed by atoms with Crippen LogP contribution in [0.4, 0.5) is 4.39 Å². The molecule has 3 rings (SSSR count). The number of hydrogen-bond acceptors (Lipinski definition) is 2. The second-order valence-corrected chi connectivity index (χ2v) is 5.93. The van der Waals surface area contributed by atoms with Gasteiger partial charge in [0.1, 0.15) is 11.5 Å². The first-order valence-corrected chi connectivity index (χ1v) is 7.64. The molecule has 6 heteroatoms. The van der Waals surface area contributed by atoms with Crippen molar-refractivity contribution in [3.05, 3.63) is 76.1 Å². The van der Waals surface area contributed by atoms with Crippen molar-refractivity contribution in [2.24, 2.45) is 0 Å². The molecule has 0 bridgehead atoms. The van der Waals surface area contributed by atoms with Gasteiger partial charge in [0.2, 0.25) is 0 Å². The van der Waals surface area contributed by atoms with E-state index in [4.69, 9.17) is 0 Å². The van der Waals surface area contributed by atoms with Gasteiger partial charge in [-0.2, -0.15) is 5.10 Å². The van der Waals surface area contributed by atoms with Gasteiger partial charge in [-0.15, -0.1) is 0 Å². The summed E-state index contributed by atoms with van der Waals surface area (Å²) in [6, 6.07) is 14.9. The molecule has 0 aliphatic carbocycles. The average molecular weight is 375 g/mol. The predicted molar refractivity (Wildman–Crippen MR) is 87.8 cm³/mol. The molecule has 0 radical (unpaired) electrons. The predicted octanol–water partition coefficient (Wildman–Crippen LogP) is 4.20. The van der Waals surface area contributed by atoms with Gasteiger partial charge >= 0.3 is 5.97 Å². The Balaban J connectivity index is 1.97. The number of halogens is 2. The standard InChI is InChI=1S/C17H12BrFN2O2/c18-13-5-3-12(4-6-13)15-9-16(17(22)23)21(20-15)10-11-1-7-14(19)8-2-11/h1-9H,10H2,(H,22,23). The summed E-state index contributed by atoms with van der Waals surface area (Å²) in [4.78, 5) is 11.4. The highest BCUT2D eigenvalue weighted by molar-refractivity contribution is 9.10. The second kappa shape index (κ2) is 6.34. The second-order valence-electron chi connectivity index (χ2n) is 5.01. The third-order valence-electron chi connectivity index (χ3n) is 3.38. The number of carbonyl (C=O) groups is 1. The molecule has 0 saturated carbocycles. The summed E-state index contributed by atoms with van der Waals surface area (Å²) in [6.07, 6.45) is 0. The maximum absolute atomic E-state index is 13.0. The van der Waals surface area contributed by atoms with Crippen LogP contribution in [0.1, 0.15) is 16.1 Å². The van der Waals surface area contributed by atoms with Crippen molar-refractivity contribution in [3.63, 3.8) is 0 Å².